The highest BCUT2D eigenvalue weighted by Crippen LogP contribution is 2.29. The van der Waals surface area contributed by atoms with E-state index < -0.39 is 11.7 Å². The maximum absolute atomic E-state index is 12.0. The summed E-state index contributed by atoms with van der Waals surface area (Å²) in [6.45, 7) is 0. The lowest BCUT2D eigenvalue weighted by Gasteiger charge is -2.08. The van der Waals surface area contributed by atoms with E-state index >= 15 is 0 Å². The predicted molar refractivity (Wildman–Crippen MR) is 76.9 cm³/mol. The molecular formula is C13H10INO3. The van der Waals surface area contributed by atoms with Crippen molar-refractivity contribution in [3.8, 4) is 11.5 Å². The number of aromatic hydroxyl groups is 2. The van der Waals surface area contributed by atoms with Crippen molar-refractivity contribution in [2.75, 3.05) is 5.32 Å². The Balaban J connectivity index is 2.28. The summed E-state index contributed by atoms with van der Waals surface area (Å²) < 4.78 is 0.892. The first kappa shape index (κ1) is 12.7. The predicted octanol–water partition coefficient (Wildman–Crippen LogP) is 2.95. The molecule has 0 saturated heterocycles. The topological polar surface area (TPSA) is 69.6 Å². The summed E-state index contributed by atoms with van der Waals surface area (Å²) in [6.07, 6.45) is 0. The molecule has 5 heteroatoms. The smallest absolute Gasteiger partial charge is 0.259 e. The van der Waals surface area contributed by atoms with Gasteiger partial charge < -0.3 is 15.5 Å². The minimum absolute atomic E-state index is 0.0367. The average Bonchev–Trinajstić information content (AvgIpc) is 2.35. The fourth-order valence-electron chi connectivity index (χ4n) is 1.47. The number of anilines is 1. The van der Waals surface area contributed by atoms with Crippen LogP contribution >= 0.6 is 22.6 Å². The van der Waals surface area contributed by atoms with E-state index in [0.717, 1.165) is 3.57 Å². The Kier molecular flexibility index (Phi) is 3.71. The molecule has 0 aliphatic heterocycles. The van der Waals surface area contributed by atoms with Gasteiger partial charge in [-0.3, -0.25) is 4.79 Å². The van der Waals surface area contributed by atoms with Gasteiger partial charge in [-0.05, 0) is 46.9 Å². The van der Waals surface area contributed by atoms with E-state index in [1.165, 1.54) is 18.2 Å². The molecule has 3 N–H and O–H groups in total. The molecule has 0 radical (unpaired) electrons. The first-order valence-corrected chi connectivity index (χ1v) is 6.24. The van der Waals surface area contributed by atoms with Gasteiger partial charge in [0.05, 0.1) is 11.3 Å². The quantitative estimate of drug-likeness (QED) is 0.573. The Hall–Kier alpha value is -1.76. The van der Waals surface area contributed by atoms with Crippen molar-refractivity contribution < 1.29 is 15.0 Å². The van der Waals surface area contributed by atoms with E-state index in [2.05, 4.69) is 27.9 Å². The highest BCUT2D eigenvalue weighted by atomic mass is 127. The molecule has 0 aliphatic carbocycles. The average molecular weight is 355 g/mol. The maximum Gasteiger partial charge on any atom is 0.259 e. The van der Waals surface area contributed by atoms with Crippen LogP contribution in [0.1, 0.15) is 10.4 Å². The summed E-state index contributed by atoms with van der Waals surface area (Å²) in [5, 5.41) is 21.6. The molecule has 0 bridgehead atoms. The minimum atomic E-state index is -0.465. The number of hydrogen-bond acceptors (Lipinski definition) is 3. The lowest BCUT2D eigenvalue weighted by atomic mass is 10.1. The van der Waals surface area contributed by atoms with Crippen LogP contribution in [-0.2, 0) is 0 Å². The van der Waals surface area contributed by atoms with E-state index in [4.69, 9.17) is 0 Å². The van der Waals surface area contributed by atoms with Crippen LogP contribution in [-0.4, -0.2) is 16.1 Å². The van der Waals surface area contributed by atoms with Crippen molar-refractivity contribution in [2.24, 2.45) is 0 Å². The molecule has 1 amide bonds. The van der Waals surface area contributed by atoms with Crippen LogP contribution in [0.25, 0.3) is 0 Å². The minimum Gasteiger partial charge on any atom is -0.504 e. The third kappa shape index (κ3) is 2.56. The van der Waals surface area contributed by atoms with Crippen LogP contribution in [0.3, 0.4) is 0 Å². The van der Waals surface area contributed by atoms with E-state index in [-0.39, 0.29) is 11.3 Å². The Morgan fingerprint density at radius 3 is 2.50 bits per heavy atom. The highest BCUT2D eigenvalue weighted by molar-refractivity contribution is 14.1. The van der Waals surface area contributed by atoms with Crippen molar-refractivity contribution in [1.29, 1.82) is 0 Å². The van der Waals surface area contributed by atoms with Gasteiger partial charge in [0.1, 0.15) is 0 Å². The molecule has 92 valence electrons. The molecule has 0 spiro atoms. The molecule has 0 heterocycles. The second kappa shape index (κ2) is 5.26. The van der Waals surface area contributed by atoms with E-state index in [1.54, 1.807) is 12.1 Å². The fraction of sp³-hybridized carbons (Fsp3) is 0. The number of amides is 1. The number of carbonyl (C=O) groups is 1. The van der Waals surface area contributed by atoms with E-state index in [0.29, 0.717) is 5.69 Å². The normalized spacial score (nSPS) is 10.1. The van der Waals surface area contributed by atoms with Crippen molar-refractivity contribution in [2.45, 2.75) is 0 Å². The van der Waals surface area contributed by atoms with Crippen LogP contribution in [0.4, 0.5) is 5.69 Å². The number of halogens is 1. The molecule has 2 aromatic rings. The van der Waals surface area contributed by atoms with Gasteiger partial charge in [-0.15, -0.1) is 0 Å². The van der Waals surface area contributed by atoms with Gasteiger partial charge in [0, 0.05) is 3.57 Å². The second-order valence-corrected chi connectivity index (χ2v) is 4.77. The van der Waals surface area contributed by atoms with Gasteiger partial charge in [0.15, 0.2) is 11.5 Å². The number of carbonyl (C=O) groups excluding carboxylic acids is 1. The second-order valence-electron chi connectivity index (χ2n) is 3.61. The summed E-state index contributed by atoms with van der Waals surface area (Å²) in [4.78, 5) is 12.0. The zero-order valence-electron chi connectivity index (χ0n) is 9.22. The van der Waals surface area contributed by atoms with Gasteiger partial charge in [-0.25, -0.2) is 0 Å². The standard InChI is InChI=1S/C13H10INO3/c14-9-5-1-2-6-10(9)15-13(18)8-4-3-7-11(16)12(8)17/h1-7,16-17H,(H,15,18). The van der Waals surface area contributed by atoms with Crippen molar-refractivity contribution in [3.05, 3.63) is 51.6 Å². The molecule has 4 nitrogen and oxygen atoms in total. The summed E-state index contributed by atoms with van der Waals surface area (Å²) in [5.41, 5.74) is 0.695. The number of rotatable bonds is 2. The molecule has 0 atom stereocenters. The summed E-state index contributed by atoms with van der Waals surface area (Å²) in [6, 6.07) is 11.6. The van der Waals surface area contributed by atoms with Gasteiger partial charge in [-0.2, -0.15) is 0 Å². The number of benzene rings is 2. The lowest BCUT2D eigenvalue weighted by Crippen LogP contribution is -2.12. The fourth-order valence-corrected chi connectivity index (χ4v) is 1.99. The largest absolute Gasteiger partial charge is 0.504 e. The van der Waals surface area contributed by atoms with Crippen molar-refractivity contribution in [1.82, 2.24) is 0 Å². The van der Waals surface area contributed by atoms with Gasteiger partial charge in [-0.1, -0.05) is 18.2 Å². The third-order valence-electron chi connectivity index (χ3n) is 2.38. The molecular weight excluding hydrogens is 345 g/mol. The molecule has 0 aromatic heterocycles. The molecule has 2 aromatic carbocycles. The van der Waals surface area contributed by atoms with Crippen LogP contribution in [0, 0.1) is 3.57 Å². The van der Waals surface area contributed by atoms with Gasteiger partial charge in [0.2, 0.25) is 0 Å². The van der Waals surface area contributed by atoms with Crippen LogP contribution in [0.5, 0.6) is 11.5 Å². The zero-order valence-corrected chi connectivity index (χ0v) is 11.4. The summed E-state index contributed by atoms with van der Waals surface area (Å²) in [5.74, 6) is -1.20. The van der Waals surface area contributed by atoms with E-state index in [1.807, 2.05) is 12.1 Å². The molecule has 0 unspecified atom stereocenters. The number of phenols is 2. The van der Waals surface area contributed by atoms with Crippen molar-refractivity contribution >= 4 is 34.2 Å². The Morgan fingerprint density at radius 1 is 1.06 bits per heavy atom. The number of nitrogens with one attached hydrogen (secondary N) is 1. The molecule has 0 aliphatic rings. The number of hydrogen-bond donors (Lipinski definition) is 3. The van der Waals surface area contributed by atoms with Crippen LogP contribution in [0.15, 0.2) is 42.5 Å². The first-order chi connectivity index (χ1) is 8.59. The Labute approximate surface area is 117 Å². The molecule has 0 fully saturated rings. The van der Waals surface area contributed by atoms with Crippen molar-refractivity contribution in [3.63, 3.8) is 0 Å². The highest BCUT2D eigenvalue weighted by Gasteiger charge is 2.14. The van der Waals surface area contributed by atoms with Crippen LogP contribution < -0.4 is 5.32 Å². The molecule has 0 saturated carbocycles. The first-order valence-electron chi connectivity index (χ1n) is 5.16. The van der Waals surface area contributed by atoms with Crippen LogP contribution in [0.2, 0.25) is 0 Å². The molecule has 18 heavy (non-hydrogen) atoms. The number of phenolic OH excluding ortho intramolecular Hbond substituents is 2. The van der Waals surface area contributed by atoms with E-state index in [9.17, 15) is 15.0 Å². The summed E-state index contributed by atoms with van der Waals surface area (Å²) in [7, 11) is 0. The zero-order chi connectivity index (χ0) is 13.1. The Morgan fingerprint density at radius 2 is 1.78 bits per heavy atom. The monoisotopic (exact) mass is 355 g/mol. The lowest BCUT2D eigenvalue weighted by molar-refractivity contribution is 0.102. The third-order valence-corrected chi connectivity index (χ3v) is 3.32. The maximum atomic E-state index is 12.0. The van der Waals surface area contributed by atoms with Gasteiger partial charge >= 0.3 is 0 Å². The molecule has 2 rings (SSSR count). The number of para-hydroxylation sites is 2. The Bertz CT molecular complexity index is 599. The SMILES string of the molecule is O=C(Nc1ccccc1I)c1cccc(O)c1O. The van der Waals surface area contributed by atoms with Gasteiger partial charge in [0.25, 0.3) is 5.91 Å². The summed E-state index contributed by atoms with van der Waals surface area (Å²) >= 11 is 2.10.